The van der Waals surface area contributed by atoms with E-state index in [0.717, 1.165) is 25.1 Å². The largest absolute Gasteiger partial charge is 0.378 e. The quantitative estimate of drug-likeness (QED) is 0.849. The minimum Gasteiger partial charge on any atom is -0.378 e. The van der Waals surface area contributed by atoms with Gasteiger partial charge in [-0.3, -0.25) is 4.79 Å². The van der Waals surface area contributed by atoms with Crippen molar-refractivity contribution in [2.75, 3.05) is 25.0 Å². The van der Waals surface area contributed by atoms with Crippen LogP contribution in [0.25, 0.3) is 0 Å². The van der Waals surface area contributed by atoms with Crippen molar-refractivity contribution in [2.24, 2.45) is 0 Å². The highest BCUT2D eigenvalue weighted by Crippen LogP contribution is 2.14. The van der Waals surface area contributed by atoms with Crippen LogP contribution in [0.5, 0.6) is 0 Å². The summed E-state index contributed by atoms with van der Waals surface area (Å²) in [5.74, 6) is 0.0275. The molecule has 2 rings (SSSR count). The molecular weight excluding hydrogens is 276 g/mol. The first-order chi connectivity index (χ1) is 9.34. The van der Waals surface area contributed by atoms with Crippen LogP contribution in [0.3, 0.4) is 0 Å². The highest BCUT2D eigenvalue weighted by molar-refractivity contribution is 5.85. The van der Waals surface area contributed by atoms with Crippen LogP contribution in [0.1, 0.15) is 25.7 Å². The van der Waals surface area contributed by atoms with Gasteiger partial charge >= 0.3 is 0 Å². The van der Waals surface area contributed by atoms with Crippen LogP contribution in [0.2, 0.25) is 0 Å². The van der Waals surface area contributed by atoms with E-state index in [0.29, 0.717) is 19.2 Å². The Morgan fingerprint density at radius 2 is 2.05 bits per heavy atom. The Bertz CT molecular complexity index is 381. The van der Waals surface area contributed by atoms with Gasteiger partial charge in [-0.1, -0.05) is 18.2 Å². The second-order valence-electron chi connectivity index (χ2n) is 4.85. The van der Waals surface area contributed by atoms with E-state index in [9.17, 15) is 4.79 Å². The van der Waals surface area contributed by atoms with Crippen molar-refractivity contribution < 1.29 is 9.53 Å². The van der Waals surface area contributed by atoms with Gasteiger partial charge in [0, 0.05) is 18.8 Å². The van der Waals surface area contributed by atoms with Crippen LogP contribution >= 0.6 is 12.4 Å². The monoisotopic (exact) mass is 298 g/mol. The van der Waals surface area contributed by atoms with E-state index < -0.39 is 0 Å². The van der Waals surface area contributed by atoms with Crippen LogP contribution in [-0.4, -0.2) is 31.7 Å². The molecule has 2 N–H and O–H groups in total. The number of nitrogens with one attached hydrogen (secondary N) is 2. The highest BCUT2D eigenvalue weighted by Gasteiger charge is 2.13. The zero-order valence-corrected chi connectivity index (χ0v) is 12.5. The predicted molar refractivity (Wildman–Crippen MR) is 83.4 cm³/mol. The second-order valence-corrected chi connectivity index (χ2v) is 4.85. The van der Waals surface area contributed by atoms with Gasteiger partial charge in [0.1, 0.15) is 0 Å². The normalized spacial score (nSPS) is 17.9. The van der Waals surface area contributed by atoms with Crippen molar-refractivity contribution in [3.63, 3.8) is 0 Å². The molecule has 0 bridgehead atoms. The maximum Gasteiger partial charge on any atom is 0.239 e. The highest BCUT2D eigenvalue weighted by atomic mass is 35.5. The predicted octanol–water partition coefficient (Wildman–Crippen LogP) is 2.60. The number of hydrogen-bond acceptors (Lipinski definition) is 3. The van der Waals surface area contributed by atoms with Crippen molar-refractivity contribution in [1.29, 1.82) is 0 Å². The Morgan fingerprint density at radius 1 is 1.25 bits per heavy atom. The average molecular weight is 299 g/mol. The molecule has 1 unspecified atom stereocenters. The molecule has 1 saturated heterocycles. The summed E-state index contributed by atoms with van der Waals surface area (Å²) >= 11 is 0. The smallest absolute Gasteiger partial charge is 0.239 e. The molecule has 1 aliphatic heterocycles. The molecule has 20 heavy (non-hydrogen) atoms. The molecule has 1 amide bonds. The van der Waals surface area contributed by atoms with Crippen LogP contribution in [0, 0.1) is 0 Å². The van der Waals surface area contributed by atoms with Crippen LogP contribution < -0.4 is 10.6 Å². The Hall–Kier alpha value is -1.26. The van der Waals surface area contributed by atoms with Crippen molar-refractivity contribution in [3.8, 4) is 0 Å². The summed E-state index contributed by atoms with van der Waals surface area (Å²) in [6.07, 6.45) is 4.78. The lowest BCUT2D eigenvalue weighted by molar-refractivity contribution is -0.119. The first-order valence-corrected chi connectivity index (χ1v) is 7.02. The average Bonchev–Trinajstić information content (AvgIpc) is 2.47. The fraction of sp³-hybridized carbons (Fsp3) is 0.533. The van der Waals surface area contributed by atoms with Crippen molar-refractivity contribution >= 4 is 24.0 Å². The van der Waals surface area contributed by atoms with E-state index in [1.54, 1.807) is 0 Å². The van der Waals surface area contributed by atoms with Crippen molar-refractivity contribution in [3.05, 3.63) is 30.3 Å². The lowest BCUT2D eigenvalue weighted by Gasteiger charge is -2.22. The molecule has 1 atom stereocenters. The number of anilines is 1. The number of ether oxygens (including phenoxy) is 1. The number of rotatable bonds is 6. The molecular formula is C15H23ClN2O2. The molecule has 4 nitrogen and oxygen atoms in total. The van der Waals surface area contributed by atoms with E-state index in [1.165, 1.54) is 12.8 Å². The maximum absolute atomic E-state index is 11.6. The molecule has 112 valence electrons. The molecule has 1 fully saturated rings. The van der Waals surface area contributed by atoms with Gasteiger partial charge in [-0.25, -0.2) is 0 Å². The van der Waals surface area contributed by atoms with Gasteiger partial charge < -0.3 is 15.4 Å². The number of benzene rings is 1. The van der Waals surface area contributed by atoms with E-state index in [4.69, 9.17) is 4.74 Å². The minimum absolute atomic E-state index is 0. The number of hydrogen-bond donors (Lipinski definition) is 2. The van der Waals surface area contributed by atoms with Gasteiger partial charge in [0.15, 0.2) is 0 Å². The molecule has 0 radical (unpaired) electrons. The molecule has 0 aromatic heterocycles. The lowest BCUT2D eigenvalue weighted by atomic mass is 10.1. The standard InChI is InChI=1S/C15H22N2O2.ClH/c18-15(12-17-13-6-2-1-3-7-13)16-10-9-14-8-4-5-11-19-14;/h1-3,6-7,14,17H,4-5,8-12H2,(H,16,18);1H. The Kier molecular flexibility index (Phi) is 8.07. The summed E-state index contributed by atoms with van der Waals surface area (Å²) in [4.78, 5) is 11.6. The zero-order valence-electron chi connectivity index (χ0n) is 11.6. The van der Waals surface area contributed by atoms with Crippen LogP contribution in [0.4, 0.5) is 5.69 Å². The fourth-order valence-electron chi connectivity index (χ4n) is 2.21. The summed E-state index contributed by atoms with van der Waals surface area (Å²) in [6, 6.07) is 9.74. The van der Waals surface area contributed by atoms with Gasteiger partial charge in [0.2, 0.25) is 5.91 Å². The SMILES string of the molecule is Cl.O=C(CNc1ccccc1)NCCC1CCCCO1. The zero-order chi connectivity index (χ0) is 13.3. The number of amides is 1. The molecule has 1 aliphatic rings. The van der Waals surface area contributed by atoms with Crippen LogP contribution in [-0.2, 0) is 9.53 Å². The van der Waals surface area contributed by atoms with Crippen molar-refractivity contribution in [1.82, 2.24) is 5.32 Å². The third-order valence-electron chi connectivity index (χ3n) is 3.29. The molecule has 1 heterocycles. The van der Waals surface area contributed by atoms with E-state index in [2.05, 4.69) is 10.6 Å². The van der Waals surface area contributed by atoms with Gasteiger partial charge in [-0.05, 0) is 37.8 Å². The van der Waals surface area contributed by atoms with Gasteiger partial charge in [-0.2, -0.15) is 0 Å². The number of carbonyl (C=O) groups is 1. The van der Waals surface area contributed by atoms with E-state index >= 15 is 0 Å². The summed E-state index contributed by atoms with van der Waals surface area (Å²) in [6.45, 7) is 1.88. The first kappa shape index (κ1) is 16.8. The first-order valence-electron chi connectivity index (χ1n) is 7.02. The third-order valence-corrected chi connectivity index (χ3v) is 3.29. The second kappa shape index (κ2) is 9.61. The van der Waals surface area contributed by atoms with Crippen LogP contribution in [0.15, 0.2) is 30.3 Å². The summed E-state index contributed by atoms with van der Waals surface area (Å²) in [5.41, 5.74) is 0.966. The minimum atomic E-state index is 0. The van der Waals surface area contributed by atoms with Crippen molar-refractivity contribution in [2.45, 2.75) is 31.8 Å². The Morgan fingerprint density at radius 3 is 2.75 bits per heavy atom. The van der Waals surface area contributed by atoms with E-state index in [-0.39, 0.29) is 18.3 Å². The third kappa shape index (κ3) is 6.26. The molecule has 0 aliphatic carbocycles. The lowest BCUT2D eigenvalue weighted by Crippen LogP contribution is -2.33. The summed E-state index contributed by atoms with van der Waals surface area (Å²) in [5, 5.41) is 6.01. The Labute approximate surface area is 126 Å². The molecule has 0 saturated carbocycles. The van der Waals surface area contributed by atoms with E-state index in [1.807, 2.05) is 30.3 Å². The van der Waals surface area contributed by atoms with Gasteiger partial charge in [0.05, 0.1) is 12.6 Å². The van der Waals surface area contributed by atoms with Gasteiger partial charge in [-0.15, -0.1) is 12.4 Å². The summed E-state index contributed by atoms with van der Waals surface area (Å²) < 4.78 is 5.62. The Balaban J connectivity index is 0.00000200. The molecule has 0 spiro atoms. The topological polar surface area (TPSA) is 50.4 Å². The number of para-hydroxylation sites is 1. The molecule has 1 aromatic carbocycles. The fourth-order valence-corrected chi connectivity index (χ4v) is 2.21. The number of carbonyl (C=O) groups excluding carboxylic acids is 1. The maximum atomic E-state index is 11.6. The summed E-state index contributed by atoms with van der Waals surface area (Å²) in [7, 11) is 0. The molecule has 5 heteroatoms. The van der Waals surface area contributed by atoms with Gasteiger partial charge in [0.25, 0.3) is 0 Å². The number of halogens is 1. The molecule has 1 aromatic rings.